The van der Waals surface area contributed by atoms with Crippen molar-refractivity contribution in [2.45, 2.75) is 18.8 Å². The van der Waals surface area contributed by atoms with Gasteiger partial charge >= 0.3 is 0 Å². The van der Waals surface area contributed by atoms with Gasteiger partial charge in [-0.1, -0.05) is 23.7 Å². The lowest BCUT2D eigenvalue weighted by molar-refractivity contribution is 0.415. The van der Waals surface area contributed by atoms with E-state index in [0.717, 1.165) is 17.2 Å². The van der Waals surface area contributed by atoms with Crippen molar-refractivity contribution in [3.8, 4) is 0 Å². The van der Waals surface area contributed by atoms with E-state index < -0.39 is 0 Å². The molecule has 1 aliphatic carbocycles. The third-order valence-electron chi connectivity index (χ3n) is 2.19. The van der Waals surface area contributed by atoms with Crippen molar-refractivity contribution in [3.63, 3.8) is 0 Å². The summed E-state index contributed by atoms with van der Waals surface area (Å²) in [5.74, 6) is 0.636. The van der Waals surface area contributed by atoms with Crippen LogP contribution in [-0.4, -0.2) is 5.11 Å². The fraction of sp³-hybridized carbons (Fsp3) is 0.300. The Morgan fingerprint density at radius 3 is 2.75 bits per heavy atom. The summed E-state index contributed by atoms with van der Waals surface area (Å²) in [6.07, 6.45) is 2.46. The minimum absolute atomic E-state index is 0.636. The molecule has 0 aliphatic heterocycles. The third-order valence-corrected chi connectivity index (χ3v) is 2.53. The van der Waals surface area contributed by atoms with Crippen molar-refractivity contribution in [1.82, 2.24) is 0 Å². The highest BCUT2D eigenvalue weighted by Gasteiger charge is 2.25. The number of rotatable bonds is 2. The molecule has 0 aromatic heterocycles. The number of hydrogen-bond donors (Lipinski definition) is 1. The molecule has 0 unspecified atom stereocenters. The Morgan fingerprint density at radius 1 is 1.42 bits per heavy atom. The largest absolute Gasteiger partial charge is 0.385 e. The van der Waals surface area contributed by atoms with Gasteiger partial charge in [0.05, 0.1) is 0 Å². The Morgan fingerprint density at radius 2 is 2.17 bits per heavy atom. The fourth-order valence-corrected chi connectivity index (χ4v) is 1.62. The van der Waals surface area contributed by atoms with Crippen LogP contribution in [-0.2, 0) is 0 Å². The van der Waals surface area contributed by atoms with E-state index in [-0.39, 0.29) is 0 Å². The van der Waals surface area contributed by atoms with Crippen molar-refractivity contribution < 1.29 is 5.11 Å². The predicted octanol–water partition coefficient (Wildman–Crippen LogP) is 3.10. The Bertz CT molecular complexity index is 292. The van der Waals surface area contributed by atoms with E-state index in [0.29, 0.717) is 5.92 Å². The zero-order chi connectivity index (χ0) is 8.55. The SMILES string of the molecule is O[CH]c1ccc(Cl)c(C2CC2)c1. The zero-order valence-corrected chi connectivity index (χ0v) is 7.38. The van der Waals surface area contributed by atoms with Crippen molar-refractivity contribution in [2.75, 3.05) is 0 Å². The Balaban J connectivity index is 2.36. The van der Waals surface area contributed by atoms with Crippen molar-refractivity contribution >= 4 is 11.6 Å². The van der Waals surface area contributed by atoms with Gasteiger partial charge in [0.25, 0.3) is 0 Å². The first-order valence-corrected chi connectivity index (χ1v) is 4.46. The molecule has 1 saturated carbocycles. The summed E-state index contributed by atoms with van der Waals surface area (Å²) in [5.41, 5.74) is 2.01. The van der Waals surface area contributed by atoms with Crippen LogP contribution in [0.5, 0.6) is 0 Å². The molecule has 12 heavy (non-hydrogen) atoms. The number of benzene rings is 1. The molecule has 0 spiro atoms. The van der Waals surface area contributed by atoms with Crippen LogP contribution in [0, 0.1) is 6.61 Å². The molecule has 2 heteroatoms. The maximum atomic E-state index is 8.79. The normalized spacial score (nSPS) is 16.5. The molecule has 1 radical (unpaired) electrons. The molecule has 0 bridgehead atoms. The molecular weight excluding hydrogens is 172 g/mol. The molecule has 0 saturated heterocycles. The van der Waals surface area contributed by atoms with Crippen LogP contribution in [0.25, 0.3) is 0 Å². The van der Waals surface area contributed by atoms with Gasteiger partial charge < -0.3 is 5.11 Å². The molecule has 0 heterocycles. The summed E-state index contributed by atoms with van der Waals surface area (Å²) in [7, 11) is 0. The van der Waals surface area contributed by atoms with Crippen LogP contribution in [0.4, 0.5) is 0 Å². The second-order valence-corrected chi connectivity index (χ2v) is 3.59. The molecule has 1 fully saturated rings. The second-order valence-electron chi connectivity index (χ2n) is 3.18. The molecule has 1 aromatic carbocycles. The molecule has 0 amide bonds. The molecule has 63 valence electrons. The minimum Gasteiger partial charge on any atom is -0.385 e. The zero-order valence-electron chi connectivity index (χ0n) is 6.63. The monoisotopic (exact) mass is 181 g/mol. The standard InChI is InChI=1S/C10H10ClO/c11-10-4-1-7(6-12)5-9(10)8-2-3-8/h1,4-6,8,12H,2-3H2. The van der Waals surface area contributed by atoms with Crippen LogP contribution in [0.3, 0.4) is 0 Å². The van der Waals surface area contributed by atoms with E-state index >= 15 is 0 Å². The lowest BCUT2D eigenvalue weighted by atomic mass is 10.1. The van der Waals surface area contributed by atoms with Gasteiger partial charge in [-0.25, -0.2) is 0 Å². The number of halogens is 1. The van der Waals surface area contributed by atoms with Crippen molar-refractivity contribution in [3.05, 3.63) is 41.0 Å². The minimum atomic E-state index is 0.636. The van der Waals surface area contributed by atoms with Gasteiger partial charge in [-0.15, -0.1) is 0 Å². The predicted molar refractivity (Wildman–Crippen MR) is 48.8 cm³/mol. The van der Waals surface area contributed by atoms with Gasteiger partial charge in [-0.3, -0.25) is 0 Å². The summed E-state index contributed by atoms with van der Waals surface area (Å²) >= 11 is 5.99. The highest BCUT2D eigenvalue weighted by molar-refractivity contribution is 6.31. The molecule has 1 nitrogen and oxygen atoms in total. The summed E-state index contributed by atoms with van der Waals surface area (Å²) in [4.78, 5) is 0. The van der Waals surface area contributed by atoms with E-state index in [9.17, 15) is 0 Å². The lowest BCUT2D eigenvalue weighted by Crippen LogP contribution is -1.86. The Hall–Kier alpha value is -0.530. The highest BCUT2D eigenvalue weighted by Crippen LogP contribution is 2.43. The van der Waals surface area contributed by atoms with Crippen LogP contribution in [0.15, 0.2) is 18.2 Å². The van der Waals surface area contributed by atoms with Gasteiger partial charge in [0.15, 0.2) is 0 Å². The average Bonchev–Trinajstić information content (AvgIpc) is 2.88. The molecule has 1 N–H and O–H groups in total. The molecule has 1 aliphatic rings. The number of aliphatic hydroxyl groups excluding tert-OH is 1. The summed E-state index contributed by atoms with van der Waals surface area (Å²) in [5, 5.41) is 9.61. The maximum Gasteiger partial charge on any atom is 0.109 e. The van der Waals surface area contributed by atoms with E-state index in [2.05, 4.69) is 0 Å². The number of hydrogen-bond acceptors (Lipinski definition) is 1. The second kappa shape index (κ2) is 3.08. The number of aliphatic hydroxyl groups is 1. The fourth-order valence-electron chi connectivity index (χ4n) is 1.35. The van der Waals surface area contributed by atoms with Crippen LogP contribution < -0.4 is 0 Å². The van der Waals surface area contributed by atoms with Gasteiger partial charge in [0.1, 0.15) is 6.61 Å². The molecule has 1 aromatic rings. The first-order chi connectivity index (χ1) is 5.81. The van der Waals surface area contributed by atoms with Gasteiger partial charge in [0, 0.05) is 5.02 Å². The van der Waals surface area contributed by atoms with Crippen LogP contribution in [0.2, 0.25) is 5.02 Å². The Kier molecular flexibility index (Phi) is 2.07. The maximum absolute atomic E-state index is 8.79. The van der Waals surface area contributed by atoms with Crippen molar-refractivity contribution in [2.24, 2.45) is 0 Å². The van der Waals surface area contributed by atoms with Gasteiger partial charge in [-0.2, -0.15) is 0 Å². The summed E-state index contributed by atoms with van der Waals surface area (Å²) in [6, 6.07) is 5.62. The molecular formula is C10H10ClO. The van der Waals surface area contributed by atoms with Crippen LogP contribution in [0.1, 0.15) is 29.9 Å². The van der Waals surface area contributed by atoms with E-state index in [4.69, 9.17) is 16.7 Å². The highest BCUT2D eigenvalue weighted by atomic mass is 35.5. The third kappa shape index (κ3) is 1.47. The quantitative estimate of drug-likeness (QED) is 0.744. The summed E-state index contributed by atoms with van der Waals surface area (Å²) < 4.78 is 0. The first-order valence-electron chi connectivity index (χ1n) is 4.08. The smallest absolute Gasteiger partial charge is 0.109 e. The van der Waals surface area contributed by atoms with Crippen LogP contribution >= 0.6 is 11.6 Å². The summed E-state index contributed by atoms with van der Waals surface area (Å²) in [6.45, 7) is 1.11. The molecule has 2 rings (SSSR count). The average molecular weight is 182 g/mol. The van der Waals surface area contributed by atoms with E-state index in [1.165, 1.54) is 18.4 Å². The van der Waals surface area contributed by atoms with Gasteiger partial charge in [0.2, 0.25) is 0 Å². The lowest BCUT2D eigenvalue weighted by Gasteiger charge is -2.03. The Labute approximate surface area is 77.0 Å². The van der Waals surface area contributed by atoms with E-state index in [1.807, 2.05) is 18.2 Å². The van der Waals surface area contributed by atoms with Gasteiger partial charge in [-0.05, 0) is 36.0 Å². The van der Waals surface area contributed by atoms with E-state index in [1.54, 1.807) is 0 Å². The topological polar surface area (TPSA) is 20.2 Å². The first kappa shape index (κ1) is 8.09. The molecule has 0 atom stereocenters. The van der Waals surface area contributed by atoms with Crippen molar-refractivity contribution in [1.29, 1.82) is 0 Å².